The summed E-state index contributed by atoms with van der Waals surface area (Å²) in [5.41, 5.74) is -0.766. The number of ether oxygens (including phenoxy) is 1. The van der Waals surface area contributed by atoms with Crippen molar-refractivity contribution in [1.82, 2.24) is 5.32 Å². The van der Waals surface area contributed by atoms with Gasteiger partial charge in [0.05, 0.1) is 17.6 Å². The van der Waals surface area contributed by atoms with Gasteiger partial charge in [-0.3, -0.25) is 4.79 Å². The molecule has 1 amide bonds. The van der Waals surface area contributed by atoms with Gasteiger partial charge >= 0.3 is 0 Å². The van der Waals surface area contributed by atoms with Gasteiger partial charge in [-0.1, -0.05) is 13.8 Å². The van der Waals surface area contributed by atoms with Gasteiger partial charge in [-0.15, -0.1) is 0 Å². The largest absolute Gasteiger partial charge is 0.388 e. The Balaban J connectivity index is 2.40. The van der Waals surface area contributed by atoms with Gasteiger partial charge in [0.1, 0.15) is 0 Å². The summed E-state index contributed by atoms with van der Waals surface area (Å²) in [6.45, 7) is 6.77. The van der Waals surface area contributed by atoms with Gasteiger partial charge in [0, 0.05) is 13.2 Å². The Morgan fingerprint density at radius 1 is 1.50 bits per heavy atom. The second-order valence-electron chi connectivity index (χ2n) is 4.62. The molecule has 0 aromatic carbocycles. The fourth-order valence-corrected chi connectivity index (χ4v) is 1.96. The summed E-state index contributed by atoms with van der Waals surface area (Å²) in [5.74, 6) is -0.0525. The van der Waals surface area contributed by atoms with Crippen LogP contribution in [0.3, 0.4) is 0 Å². The highest BCUT2D eigenvalue weighted by Crippen LogP contribution is 2.21. The van der Waals surface area contributed by atoms with Crippen LogP contribution in [0, 0.1) is 5.92 Å². The summed E-state index contributed by atoms with van der Waals surface area (Å²) in [6.07, 6.45) is 2.08. The minimum absolute atomic E-state index is 0.00338. The van der Waals surface area contributed by atoms with Gasteiger partial charge in [0.25, 0.3) is 0 Å². The van der Waals surface area contributed by atoms with Crippen LogP contribution in [0.1, 0.15) is 40.0 Å². The molecule has 1 heterocycles. The highest BCUT2D eigenvalue weighted by molar-refractivity contribution is 5.79. The van der Waals surface area contributed by atoms with Crippen molar-refractivity contribution in [3.8, 4) is 0 Å². The van der Waals surface area contributed by atoms with Crippen molar-refractivity contribution in [2.45, 2.75) is 51.7 Å². The normalized spacial score (nSPS) is 25.8. The molecule has 94 valence electrons. The Bertz CT molecular complexity index is 238. The van der Waals surface area contributed by atoms with Crippen LogP contribution >= 0.6 is 0 Å². The van der Waals surface area contributed by atoms with E-state index < -0.39 is 5.60 Å². The van der Waals surface area contributed by atoms with Crippen LogP contribution in [0.5, 0.6) is 0 Å². The number of hydrogen-bond acceptors (Lipinski definition) is 3. The Morgan fingerprint density at radius 3 is 2.56 bits per heavy atom. The van der Waals surface area contributed by atoms with E-state index >= 15 is 0 Å². The van der Waals surface area contributed by atoms with Gasteiger partial charge in [-0.2, -0.15) is 0 Å². The first-order valence-corrected chi connectivity index (χ1v) is 6.14. The van der Waals surface area contributed by atoms with E-state index in [0.717, 1.165) is 6.42 Å². The lowest BCUT2D eigenvalue weighted by Gasteiger charge is -2.26. The van der Waals surface area contributed by atoms with Crippen molar-refractivity contribution >= 4 is 5.91 Å². The molecular formula is C12H23NO3. The molecule has 0 aromatic heterocycles. The average molecular weight is 229 g/mol. The third-order valence-electron chi connectivity index (χ3n) is 3.62. The Kier molecular flexibility index (Phi) is 4.74. The van der Waals surface area contributed by atoms with Gasteiger partial charge in [-0.05, 0) is 26.2 Å². The quantitative estimate of drug-likeness (QED) is 0.741. The molecule has 0 spiro atoms. The van der Waals surface area contributed by atoms with Crippen LogP contribution in [-0.2, 0) is 9.53 Å². The second-order valence-corrected chi connectivity index (χ2v) is 4.62. The van der Waals surface area contributed by atoms with Crippen LogP contribution in [0.25, 0.3) is 0 Å². The fraction of sp³-hybridized carbons (Fsp3) is 0.917. The molecule has 0 bridgehead atoms. The molecule has 1 rings (SSSR count). The van der Waals surface area contributed by atoms with E-state index in [4.69, 9.17) is 4.74 Å². The molecule has 4 heteroatoms. The van der Waals surface area contributed by atoms with E-state index in [1.165, 1.54) is 0 Å². The molecule has 0 aromatic rings. The second kappa shape index (κ2) is 5.64. The third kappa shape index (κ3) is 3.19. The van der Waals surface area contributed by atoms with Crippen molar-refractivity contribution in [1.29, 1.82) is 0 Å². The number of amides is 1. The number of nitrogens with one attached hydrogen (secondary N) is 1. The lowest BCUT2D eigenvalue weighted by molar-refractivity contribution is -0.127. The first kappa shape index (κ1) is 13.5. The fourth-order valence-electron chi connectivity index (χ4n) is 1.96. The molecule has 1 fully saturated rings. The van der Waals surface area contributed by atoms with Gasteiger partial charge < -0.3 is 15.2 Å². The van der Waals surface area contributed by atoms with Crippen molar-refractivity contribution < 1.29 is 14.6 Å². The van der Waals surface area contributed by atoms with Crippen molar-refractivity contribution in [3.05, 3.63) is 0 Å². The van der Waals surface area contributed by atoms with E-state index in [0.29, 0.717) is 26.0 Å². The maximum atomic E-state index is 11.8. The van der Waals surface area contributed by atoms with Crippen LogP contribution in [0.4, 0.5) is 0 Å². The summed E-state index contributed by atoms with van der Waals surface area (Å²) < 4.78 is 5.35. The van der Waals surface area contributed by atoms with E-state index in [9.17, 15) is 9.90 Å². The number of carbonyl (C=O) groups is 1. The molecule has 0 radical (unpaired) electrons. The molecule has 2 N–H and O–H groups in total. The van der Waals surface area contributed by atoms with Crippen molar-refractivity contribution in [2.24, 2.45) is 5.92 Å². The average Bonchev–Trinajstić information content (AvgIpc) is 2.72. The zero-order valence-corrected chi connectivity index (χ0v) is 10.5. The van der Waals surface area contributed by atoms with Gasteiger partial charge in [0.2, 0.25) is 5.91 Å². The zero-order valence-electron chi connectivity index (χ0n) is 10.5. The number of aliphatic hydroxyl groups is 1. The van der Waals surface area contributed by atoms with E-state index in [1.807, 2.05) is 20.8 Å². The maximum Gasteiger partial charge on any atom is 0.225 e. The van der Waals surface area contributed by atoms with Crippen molar-refractivity contribution in [2.75, 3.05) is 13.2 Å². The molecule has 2 unspecified atom stereocenters. The van der Waals surface area contributed by atoms with Crippen LogP contribution in [-0.4, -0.2) is 35.9 Å². The molecule has 0 saturated carbocycles. The van der Waals surface area contributed by atoms with Gasteiger partial charge in [-0.25, -0.2) is 0 Å². The summed E-state index contributed by atoms with van der Waals surface area (Å²) in [7, 11) is 0. The zero-order chi connectivity index (χ0) is 12.2. The lowest BCUT2D eigenvalue weighted by Crippen LogP contribution is -2.45. The molecule has 1 saturated heterocycles. The summed E-state index contributed by atoms with van der Waals surface area (Å²) in [4.78, 5) is 11.8. The van der Waals surface area contributed by atoms with Crippen molar-refractivity contribution in [3.63, 3.8) is 0 Å². The molecule has 1 aliphatic rings. The standard InChI is InChI=1S/C12H23NO3/c1-4-12(15,5-2)8-13-11(14)10-6-7-16-9(10)3/h9-10,15H,4-8H2,1-3H3,(H,13,14). The number of hydrogen-bond donors (Lipinski definition) is 2. The summed E-state index contributed by atoms with van der Waals surface area (Å²) in [5, 5.41) is 12.9. The highest BCUT2D eigenvalue weighted by Gasteiger charge is 2.32. The van der Waals surface area contributed by atoms with Crippen LogP contribution < -0.4 is 5.32 Å². The molecular weight excluding hydrogens is 206 g/mol. The predicted octanol–water partition coefficient (Wildman–Crippen LogP) is 1.08. The number of carbonyl (C=O) groups excluding carboxylic acids is 1. The van der Waals surface area contributed by atoms with E-state index in [1.54, 1.807) is 0 Å². The SMILES string of the molecule is CCC(O)(CC)CNC(=O)C1CCOC1C. The van der Waals surface area contributed by atoms with Crippen LogP contribution in [0.2, 0.25) is 0 Å². The minimum atomic E-state index is -0.766. The third-order valence-corrected chi connectivity index (χ3v) is 3.62. The Labute approximate surface area is 97.4 Å². The first-order valence-electron chi connectivity index (χ1n) is 6.14. The molecule has 4 nitrogen and oxygen atoms in total. The Hall–Kier alpha value is -0.610. The molecule has 0 aliphatic carbocycles. The highest BCUT2D eigenvalue weighted by atomic mass is 16.5. The van der Waals surface area contributed by atoms with Crippen LogP contribution in [0.15, 0.2) is 0 Å². The molecule has 1 aliphatic heterocycles. The lowest BCUT2D eigenvalue weighted by atomic mass is 9.96. The Morgan fingerprint density at radius 2 is 2.12 bits per heavy atom. The number of rotatable bonds is 5. The summed E-state index contributed by atoms with van der Waals surface area (Å²) in [6, 6.07) is 0. The summed E-state index contributed by atoms with van der Waals surface area (Å²) >= 11 is 0. The topological polar surface area (TPSA) is 58.6 Å². The molecule has 2 atom stereocenters. The van der Waals surface area contributed by atoms with Gasteiger partial charge in [0.15, 0.2) is 0 Å². The minimum Gasteiger partial charge on any atom is -0.388 e. The predicted molar refractivity (Wildman–Crippen MR) is 62.1 cm³/mol. The smallest absolute Gasteiger partial charge is 0.225 e. The maximum absolute atomic E-state index is 11.8. The van der Waals surface area contributed by atoms with E-state index in [2.05, 4.69) is 5.32 Å². The van der Waals surface area contributed by atoms with E-state index in [-0.39, 0.29) is 17.9 Å². The monoisotopic (exact) mass is 229 g/mol. The first-order chi connectivity index (χ1) is 7.52. The molecule has 16 heavy (non-hydrogen) atoms.